The van der Waals surface area contributed by atoms with Crippen molar-refractivity contribution < 1.29 is 23.5 Å². The van der Waals surface area contributed by atoms with Gasteiger partial charge in [0.2, 0.25) is 11.8 Å². The van der Waals surface area contributed by atoms with Crippen LogP contribution in [0.2, 0.25) is 0 Å². The van der Waals surface area contributed by atoms with Crippen molar-refractivity contribution in [2.45, 2.75) is 19.8 Å². The predicted molar refractivity (Wildman–Crippen MR) is 119 cm³/mol. The van der Waals surface area contributed by atoms with Crippen LogP contribution < -0.4 is 10.6 Å². The number of hydrogen-bond donors (Lipinski definition) is 2. The highest BCUT2D eigenvalue weighted by molar-refractivity contribution is 7.18. The molecule has 1 heterocycles. The monoisotopic (exact) mass is 453 g/mol. The summed E-state index contributed by atoms with van der Waals surface area (Å²) in [4.78, 5) is 42.8. The van der Waals surface area contributed by atoms with E-state index in [4.69, 9.17) is 4.74 Å². The first kappa shape index (κ1) is 21.6. The van der Waals surface area contributed by atoms with E-state index in [9.17, 15) is 18.8 Å². The third kappa shape index (κ3) is 4.38. The summed E-state index contributed by atoms with van der Waals surface area (Å²) in [5, 5.41) is 5.55. The first-order valence-electron chi connectivity index (χ1n) is 10.0. The topological polar surface area (TPSA) is 97.4 Å². The van der Waals surface area contributed by atoms with Gasteiger partial charge in [-0.25, -0.2) is 14.2 Å². The molecule has 4 rings (SSSR count). The van der Waals surface area contributed by atoms with Gasteiger partial charge >= 0.3 is 5.97 Å². The molecule has 2 amide bonds. The Morgan fingerprint density at radius 3 is 2.31 bits per heavy atom. The Morgan fingerprint density at radius 2 is 1.69 bits per heavy atom. The van der Waals surface area contributed by atoms with Gasteiger partial charge in [-0.3, -0.25) is 9.59 Å². The fraction of sp³-hybridized carbons (Fsp3) is 0.217. The van der Waals surface area contributed by atoms with Gasteiger partial charge in [0, 0.05) is 11.3 Å². The number of hydrogen-bond acceptors (Lipinski definition) is 6. The Balaban J connectivity index is 1.54. The second kappa shape index (κ2) is 8.88. The molecule has 0 radical (unpaired) electrons. The second-order valence-corrected chi connectivity index (χ2v) is 8.28. The highest BCUT2D eigenvalue weighted by Crippen LogP contribution is 2.48. The number of nitrogens with one attached hydrogen (secondary N) is 2. The number of nitrogens with zero attached hydrogens (tertiary/aromatic N) is 1. The van der Waals surface area contributed by atoms with Crippen LogP contribution in [0.3, 0.4) is 0 Å². The van der Waals surface area contributed by atoms with Crippen LogP contribution in [0.4, 0.5) is 15.2 Å². The molecule has 1 fully saturated rings. The van der Waals surface area contributed by atoms with E-state index in [-0.39, 0.29) is 16.6 Å². The van der Waals surface area contributed by atoms with Gasteiger partial charge < -0.3 is 15.4 Å². The van der Waals surface area contributed by atoms with E-state index in [0.29, 0.717) is 29.8 Å². The maximum absolute atomic E-state index is 13.1. The van der Waals surface area contributed by atoms with Crippen LogP contribution in [0.15, 0.2) is 54.6 Å². The van der Waals surface area contributed by atoms with Gasteiger partial charge in [-0.15, -0.1) is 0 Å². The number of carbonyl (C=O) groups is 3. The predicted octanol–water partition coefficient (Wildman–Crippen LogP) is 4.48. The summed E-state index contributed by atoms with van der Waals surface area (Å²) in [6.45, 7) is 1.92. The van der Waals surface area contributed by atoms with Gasteiger partial charge in [-0.05, 0) is 44.0 Å². The molecule has 7 nitrogen and oxygen atoms in total. The summed E-state index contributed by atoms with van der Waals surface area (Å²) in [7, 11) is 0. The zero-order valence-electron chi connectivity index (χ0n) is 17.2. The van der Waals surface area contributed by atoms with E-state index >= 15 is 0 Å². The van der Waals surface area contributed by atoms with E-state index in [1.807, 2.05) is 30.3 Å². The number of rotatable bonds is 7. The molecule has 2 aromatic carbocycles. The van der Waals surface area contributed by atoms with Crippen molar-refractivity contribution in [1.29, 1.82) is 0 Å². The van der Waals surface area contributed by atoms with Gasteiger partial charge in [0.25, 0.3) is 0 Å². The number of thiazole rings is 1. The molecule has 0 aliphatic heterocycles. The molecular weight excluding hydrogens is 433 g/mol. The number of benzene rings is 2. The quantitative estimate of drug-likeness (QED) is 0.406. The Labute approximate surface area is 187 Å². The van der Waals surface area contributed by atoms with E-state index in [1.54, 1.807) is 6.92 Å². The molecule has 0 bridgehead atoms. The van der Waals surface area contributed by atoms with Crippen LogP contribution in [-0.4, -0.2) is 29.4 Å². The summed E-state index contributed by atoms with van der Waals surface area (Å²) >= 11 is 1.00. The second-order valence-electron chi connectivity index (χ2n) is 7.28. The Morgan fingerprint density at radius 1 is 1.03 bits per heavy atom. The number of amides is 2. The molecule has 2 N–H and O–H groups in total. The summed E-state index contributed by atoms with van der Waals surface area (Å²) in [5.41, 5.74) is 0.296. The minimum Gasteiger partial charge on any atom is -0.462 e. The molecule has 0 saturated heterocycles. The lowest BCUT2D eigenvalue weighted by Gasteiger charge is -2.14. The van der Waals surface area contributed by atoms with Crippen molar-refractivity contribution in [2.24, 2.45) is 5.41 Å². The van der Waals surface area contributed by atoms with Crippen molar-refractivity contribution in [3.05, 3.63) is 65.3 Å². The first-order chi connectivity index (χ1) is 15.4. The smallest absolute Gasteiger partial charge is 0.350 e. The van der Waals surface area contributed by atoms with Crippen molar-refractivity contribution in [3.63, 3.8) is 0 Å². The van der Waals surface area contributed by atoms with Crippen molar-refractivity contribution >= 4 is 39.9 Å². The minimum atomic E-state index is -1.23. The summed E-state index contributed by atoms with van der Waals surface area (Å²) in [6.07, 6.45) is 0.765. The molecule has 1 saturated carbocycles. The lowest BCUT2D eigenvalue weighted by molar-refractivity contribution is -0.131. The molecule has 3 aromatic rings. The number of aromatic nitrogens is 1. The summed E-state index contributed by atoms with van der Waals surface area (Å²) < 4.78 is 18.2. The van der Waals surface area contributed by atoms with E-state index in [2.05, 4.69) is 15.6 Å². The third-order valence-corrected chi connectivity index (χ3v) is 6.03. The van der Waals surface area contributed by atoms with Gasteiger partial charge in [-0.2, -0.15) is 0 Å². The lowest BCUT2D eigenvalue weighted by Crippen LogP contribution is -2.35. The SMILES string of the molecule is CCOC(=O)c1sc(NC(=O)C2(C(=O)Nc3ccc(F)cc3)CC2)nc1-c1ccccc1. The zero-order valence-corrected chi connectivity index (χ0v) is 18.0. The van der Waals surface area contributed by atoms with Crippen LogP contribution in [-0.2, 0) is 14.3 Å². The highest BCUT2D eigenvalue weighted by atomic mass is 32.1. The number of anilines is 2. The molecule has 0 spiro atoms. The summed E-state index contributed by atoms with van der Waals surface area (Å²) in [5.74, 6) is -1.91. The van der Waals surface area contributed by atoms with E-state index in [1.165, 1.54) is 24.3 Å². The third-order valence-electron chi connectivity index (χ3n) is 5.08. The Bertz CT molecular complexity index is 1160. The lowest BCUT2D eigenvalue weighted by atomic mass is 10.1. The standard InChI is InChI=1S/C23H20FN3O4S/c1-2-31-19(28)18-17(14-6-4-3-5-7-14)26-22(32-18)27-21(30)23(12-13-23)20(29)25-16-10-8-15(24)9-11-16/h3-11H,2,12-13H2,1H3,(H,25,29)(H,26,27,30). The Hall–Kier alpha value is -3.59. The maximum Gasteiger partial charge on any atom is 0.350 e. The molecule has 0 atom stereocenters. The maximum atomic E-state index is 13.1. The summed E-state index contributed by atoms with van der Waals surface area (Å²) in [6, 6.07) is 14.4. The number of carbonyl (C=O) groups excluding carboxylic acids is 3. The Kier molecular flexibility index (Phi) is 6.00. The number of halogens is 1. The van der Waals surface area contributed by atoms with E-state index < -0.39 is 29.0 Å². The minimum absolute atomic E-state index is 0.206. The average molecular weight is 453 g/mol. The van der Waals surface area contributed by atoms with Gasteiger partial charge in [0.05, 0.1) is 12.3 Å². The molecule has 0 unspecified atom stereocenters. The highest BCUT2D eigenvalue weighted by Gasteiger charge is 2.56. The largest absolute Gasteiger partial charge is 0.462 e. The number of esters is 1. The fourth-order valence-electron chi connectivity index (χ4n) is 3.18. The van der Waals surface area contributed by atoms with Crippen LogP contribution >= 0.6 is 11.3 Å². The molecule has 1 aliphatic carbocycles. The van der Waals surface area contributed by atoms with Crippen LogP contribution in [0.5, 0.6) is 0 Å². The van der Waals surface area contributed by atoms with Gasteiger partial charge in [0.1, 0.15) is 16.1 Å². The van der Waals surface area contributed by atoms with Crippen molar-refractivity contribution in [1.82, 2.24) is 4.98 Å². The molecular formula is C23H20FN3O4S. The molecule has 32 heavy (non-hydrogen) atoms. The molecule has 1 aromatic heterocycles. The van der Waals surface area contributed by atoms with Crippen molar-refractivity contribution in [3.8, 4) is 11.3 Å². The van der Waals surface area contributed by atoms with Gasteiger partial charge in [-0.1, -0.05) is 41.7 Å². The number of ether oxygens (including phenoxy) is 1. The van der Waals surface area contributed by atoms with Gasteiger partial charge in [0.15, 0.2) is 5.13 Å². The fourth-order valence-corrected chi connectivity index (χ4v) is 4.06. The normalized spacial score (nSPS) is 13.8. The molecule has 164 valence electrons. The average Bonchev–Trinajstić information content (AvgIpc) is 3.51. The van der Waals surface area contributed by atoms with Crippen molar-refractivity contribution in [2.75, 3.05) is 17.2 Å². The van der Waals surface area contributed by atoms with E-state index in [0.717, 1.165) is 11.3 Å². The van der Waals surface area contributed by atoms with Crippen LogP contribution in [0.1, 0.15) is 29.4 Å². The molecule has 1 aliphatic rings. The van der Waals surface area contributed by atoms with Crippen LogP contribution in [0.25, 0.3) is 11.3 Å². The van der Waals surface area contributed by atoms with Crippen LogP contribution in [0, 0.1) is 11.2 Å². The zero-order chi connectivity index (χ0) is 22.7. The molecule has 9 heteroatoms. The first-order valence-corrected chi connectivity index (χ1v) is 10.9.